The Bertz CT molecular complexity index is 1830. The van der Waals surface area contributed by atoms with Crippen LogP contribution >= 0.6 is 0 Å². The van der Waals surface area contributed by atoms with Crippen molar-refractivity contribution >= 4 is 34.7 Å². The number of piperidine rings is 1. The number of hydrogen-bond donors (Lipinski definition) is 2. The Morgan fingerprint density at radius 1 is 0.977 bits per heavy atom. The van der Waals surface area contributed by atoms with Crippen LogP contribution in [0.15, 0.2) is 89.9 Å². The van der Waals surface area contributed by atoms with Gasteiger partial charge in [0.05, 0.1) is 17.8 Å². The fourth-order valence-electron chi connectivity index (χ4n) is 5.02. The van der Waals surface area contributed by atoms with E-state index in [1.807, 2.05) is 30.3 Å². The summed E-state index contributed by atoms with van der Waals surface area (Å²) in [6, 6.07) is 16.3. The Hall–Kier alpha value is -5.45. The number of carbonyl (C=O) groups is 2. The smallest absolute Gasteiger partial charge is 0.255 e. The maximum Gasteiger partial charge on any atom is 0.255 e. The van der Waals surface area contributed by atoms with Crippen LogP contribution in [0.5, 0.6) is 0 Å². The number of nitrogens with two attached hydrogens (primary N) is 1. The number of nitrogens with one attached hydrogen (secondary N) is 1. The number of nitrogens with zero attached hydrogens (tertiary/aromatic N) is 4. The maximum absolute atomic E-state index is 13.5. The Balaban J connectivity index is 1.23. The number of amides is 2. The van der Waals surface area contributed by atoms with Crippen LogP contribution in [0.3, 0.4) is 0 Å². The number of carbonyl (C=O) groups excluding carboxylic acids is 2. The molecule has 9 nitrogen and oxygen atoms in total. The number of benzene rings is 1. The lowest BCUT2D eigenvalue weighted by Gasteiger charge is -2.31. The highest BCUT2D eigenvalue weighted by Crippen LogP contribution is 2.35. The van der Waals surface area contributed by atoms with Gasteiger partial charge in [-0.2, -0.15) is 0 Å². The minimum absolute atomic E-state index is 0.0131. The van der Waals surface area contributed by atoms with Crippen LogP contribution in [0.2, 0.25) is 0 Å². The number of furan rings is 1. The maximum atomic E-state index is 13.5. The molecule has 1 aromatic carbocycles. The van der Waals surface area contributed by atoms with Crippen molar-refractivity contribution in [2.45, 2.75) is 25.3 Å². The molecular weight excluding hydrogens is 566 g/mol. The van der Waals surface area contributed by atoms with Gasteiger partial charge in [-0.3, -0.25) is 19.6 Å². The van der Waals surface area contributed by atoms with Crippen molar-refractivity contribution in [3.05, 3.63) is 102 Å². The number of nitrogen functional groups attached to an aromatic ring is 1. The van der Waals surface area contributed by atoms with Crippen LogP contribution in [0.25, 0.3) is 39.4 Å². The van der Waals surface area contributed by atoms with Crippen LogP contribution in [-0.2, 0) is 11.3 Å². The number of fused-ring (bicyclic) bond motifs is 1. The molecule has 5 heterocycles. The zero-order chi connectivity index (χ0) is 30.7. The van der Waals surface area contributed by atoms with E-state index in [9.17, 15) is 18.4 Å². The van der Waals surface area contributed by atoms with E-state index in [1.165, 1.54) is 17.2 Å². The fraction of sp³-hybridized carbons (Fsp3) is 0.182. The van der Waals surface area contributed by atoms with Crippen molar-refractivity contribution in [2.24, 2.45) is 0 Å². The quantitative estimate of drug-likeness (QED) is 0.230. The molecule has 0 atom stereocenters. The molecule has 0 aliphatic carbocycles. The highest BCUT2D eigenvalue weighted by Gasteiger charge is 2.35. The Kier molecular flexibility index (Phi) is 7.84. The molecule has 1 saturated heterocycles. The minimum Gasteiger partial charge on any atom is -0.459 e. The lowest BCUT2D eigenvalue weighted by Crippen LogP contribution is -2.42. The van der Waals surface area contributed by atoms with Crippen molar-refractivity contribution in [1.82, 2.24) is 25.2 Å². The van der Waals surface area contributed by atoms with Gasteiger partial charge in [0.15, 0.2) is 0 Å². The van der Waals surface area contributed by atoms with E-state index >= 15 is 0 Å². The minimum atomic E-state index is -2.73. The van der Waals surface area contributed by atoms with E-state index < -0.39 is 5.92 Å². The normalized spacial score (nSPS) is 14.6. The molecule has 2 amide bonds. The van der Waals surface area contributed by atoms with Crippen molar-refractivity contribution in [3.8, 4) is 22.4 Å². The molecule has 0 radical (unpaired) electrons. The number of aromatic nitrogens is 3. The zero-order valence-electron chi connectivity index (χ0n) is 23.5. The summed E-state index contributed by atoms with van der Waals surface area (Å²) < 4.78 is 33.3. The Morgan fingerprint density at radius 3 is 2.48 bits per heavy atom. The second kappa shape index (κ2) is 12.0. The molecule has 6 rings (SSSR count). The van der Waals surface area contributed by atoms with Gasteiger partial charge in [-0.25, -0.2) is 13.8 Å². The molecule has 11 heteroatoms. The van der Waals surface area contributed by atoms with Gasteiger partial charge in [0.1, 0.15) is 17.2 Å². The number of halogens is 2. The summed E-state index contributed by atoms with van der Waals surface area (Å²) in [5, 5.41) is 3.63. The van der Waals surface area contributed by atoms with Crippen LogP contribution < -0.4 is 11.1 Å². The second-order valence-corrected chi connectivity index (χ2v) is 10.5. The summed E-state index contributed by atoms with van der Waals surface area (Å²) in [5.41, 5.74) is 10.4. The third-order valence-corrected chi connectivity index (χ3v) is 7.42. The third-order valence-electron chi connectivity index (χ3n) is 7.42. The first-order valence-electron chi connectivity index (χ1n) is 14.0. The first-order chi connectivity index (χ1) is 21.2. The van der Waals surface area contributed by atoms with Crippen molar-refractivity contribution in [1.29, 1.82) is 0 Å². The summed E-state index contributed by atoms with van der Waals surface area (Å²) in [4.78, 5) is 39.4. The van der Waals surface area contributed by atoms with E-state index in [4.69, 9.17) is 10.2 Å². The molecule has 0 bridgehead atoms. The lowest BCUT2D eigenvalue weighted by molar-refractivity contribution is -0.116. The van der Waals surface area contributed by atoms with E-state index in [1.54, 1.807) is 48.9 Å². The first kappa shape index (κ1) is 28.7. The van der Waals surface area contributed by atoms with Crippen LogP contribution in [0.1, 0.15) is 34.5 Å². The first-order valence-corrected chi connectivity index (χ1v) is 14.0. The lowest BCUT2D eigenvalue weighted by atomic mass is 9.99. The highest BCUT2D eigenvalue weighted by molar-refractivity contribution is 5.97. The average molecular weight is 595 g/mol. The topological polar surface area (TPSA) is 127 Å². The molecule has 0 spiro atoms. The number of alkyl halides is 2. The number of likely N-dealkylation sites (tertiary alicyclic amines) is 1. The number of rotatable bonds is 7. The third kappa shape index (κ3) is 6.46. The predicted molar refractivity (Wildman–Crippen MR) is 162 cm³/mol. The van der Waals surface area contributed by atoms with E-state index in [-0.39, 0.29) is 44.3 Å². The van der Waals surface area contributed by atoms with Gasteiger partial charge < -0.3 is 20.4 Å². The summed E-state index contributed by atoms with van der Waals surface area (Å²) in [5.74, 6) is -2.37. The molecular formula is C33H28F2N6O3. The molecule has 3 N–H and O–H groups in total. The summed E-state index contributed by atoms with van der Waals surface area (Å²) in [7, 11) is 0. The van der Waals surface area contributed by atoms with Crippen molar-refractivity contribution < 1.29 is 22.8 Å². The summed E-state index contributed by atoms with van der Waals surface area (Å²) >= 11 is 0. The van der Waals surface area contributed by atoms with Crippen LogP contribution in [0.4, 0.5) is 14.6 Å². The number of hydrogen-bond acceptors (Lipinski definition) is 7. The molecule has 44 heavy (non-hydrogen) atoms. The molecule has 0 saturated carbocycles. The van der Waals surface area contributed by atoms with Gasteiger partial charge >= 0.3 is 0 Å². The van der Waals surface area contributed by atoms with Gasteiger partial charge in [-0.05, 0) is 71.8 Å². The van der Waals surface area contributed by atoms with Crippen molar-refractivity contribution in [3.63, 3.8) is 0 Å². The molecule has 1 fully saturated rings. The van der Waals surface area contributed by atoms with E-state index in [0.29, 0.717) is 28.4 Å². The monoisotopic (exact) mass is 594 g/mol. The predicted octanol–water partition coefficient (Wildman–Crippen LogP) is 5.73. The Labute approximate surface area is 251 Å². The zero-order valence-corrected chi connectivity index (χ0v) is 23.5. The molecule has 222 valence electrons. The summed E-state index contributed by atoms with van der Waals surface area (Å²) in [6.07, 6.45) is 8.82. The largest absolute Gasteiger partial charge is 0.459 e. The van der Waals surface area contributed by atoms with Gasteiger partial charge in [0.2, 0.25) is 5.91 Å². The van der Waals surface area contributed by atoms with Gasteiger partial charge in [-0.1, -0.05) is 0 Å². The SMILES string of the molecule is Nc1ccc(C=CC(=O)NCc2cc3cc(-c4ccc(C(=O)N5CCC(F)(F)CC5)cn4)cc(-c4ccncc4)c3o2)cn1. The van der Waals surface area contributed by atoms with Gasteiger partial charge in [0.25, 0.3) is 11.8 Å². The highest BCUT2D eigenvalue weighted by atomic mass is 19.3. The van der Waals surface area contributed by atoms with Gasteiger partial charge in [0, 0.05) is 73.3 Å². The van der Waals surface area contributed by atoms with Crippen LogP contribution in [-0.4, -0.2) is 50.7 Å². The molecule has 5 aromatic rings. The second-order valence-electron chi connectivity index (χ2n) is 10.5. The van der Waals surface area contributed by atoms with Crippen molar-refractivity contribution in [2.75, 3.05) is 18.8 Å². The standard InChI is InChI=1S/C33H28F2N6O3/c34-33(35)9-13-41(14-10-33)32(43)23-3-4-28(38-19-23)24-15-25-16-26(44-31(25)27(17-24)22-7-11-37-12-8-22)20-40-30(42)6-2-21-1-5-29(36)39-18-21/h1-8,11-12,15-19H,9-10,13-14,20H2,(H2,36,39)(H,40,42). The molecule has 0 unspecified atom stereocenters. The Morgan fingerprint density at radius 2 is 1.77 bits per heavy atom. The van der Waals surface area contributed by atoms with E-state index in [2.05, 4.69) is 20.3 Å². The number of anilines is 1. The van der Waals surface area contributed by atoms with Gasteiger partial charge in [-0.15, -0.1) is 0 Å². The molecule has 1 aliphatic rings. The molecule has 4 aromatic heterocycles. The molecule has 1 aliphatic heterocycles. The van der Waals surface area contributed by atoms with Crippen LogP contribution in [0, 0.1) is 0 Å². The van der Waals surface area contributed by atoms with E-state index in [0.717, 1.165) is 27.6 Å². The average Bonchev–Trinajstić information content (AvgIpc) is 3.46. The summed E-state index contributed by atoms with van der Waals surface area (Å²) in [6.45, 7) is 0.193. The number of pyridine rings is 3. The fourth-order valence-corrected chi connectivity index (χ4v) is 5.02.